The van der Waals surface area contributed by atoms with Crippen LogP contribution < -0.4 is 126 Å². The van der Waals surface area contributed by atoms with Gasteiger partial charge >= 0.3 is 30.2 Å². The zero-order valence-corrected chi connectivity index (χ0v) is 86.2. The van der Waals surface area contributed by atoms with Crippen LogP contribution in [0.3, 0.4) is 0 Å². The monoisotopic (exact) mass is 2220 g/mol. The molecule has 3 aromatic heterocycles. The number of hydrogen-bond acceptors (Lipinski definition) is 30. The van der Waals surface area contributed by atoms with Gasteiger partial charge in [-0.3, -0.25) is 29.4 Å². The molecule has 21 N–H and O–H groups in total. The molecule has 0 radical (unpaired) electrons. The third kappa shape index (κ3) is 26.3. The maximum Gasteiger partial charge on any atom is 0.347 e. The van der Waals surface area contributed by atoms with Gasteiger partial charge in [0, 0.05) is 46.5 Å². The van der Waals surface area contributed by atoms with Crippen molar-refractivity contribution >= 4 is 221 Å². The molecule has 6 aliphatic heterocycles. The van der Waals surface area contributed by atoms with Crippen molar-refractivity contribution in [2.24, 2.45) is 87.9 Å². The minimum atomic E-state index is -0.645. The Morgan fingerprint density at radius 3 is 1.01 bits per heavy atom. The predicted octanol–water partition coefficient (Wildman–Crippen LogP) is 18.8. The van der Waals surface area contributed by atoms with Crippen molar-refractivity contribution in [2.75, 3.05) is 25.0 Å². The number of halogens is 10. The minimum Gasteiger partial charge on any atom is -0.436 e. The SMILES string of the molecule is C=C1NC(=O)N(c2cc(Cl)c(OC(=N)/C=C(\C(N)=O)[C@@H](C)CC)c(Cl)c2)N=C1N.C=C1NC(=O)N(c2cc(Cl)c(OC3=CC(C4CCCCC4)C(=O)N=N3)c(Cl)c2)N=C1N.C=C1NC(=O)N(c2cc(Cl)c(Oc3cc(C4CCC4)c(=O)[nH]n3)c(Cl)c2)N=C1N.C=C1NC(=O)N(c2cc(Cl)c(Oc3cc(C4CCCC4)c(=O)[nH]n3)c(Cl)c2)N=C1N.C=C1NC(=O)N(c2cc(Cl)c(Oc3cc([C@H](C)CC)c(=O)[nH]n3)c(Cl)c2)N=C1N. The molecule has 148 heavy (non-hydrogen) atoms. The summed E-state index contributed by atoms with van der Waals surface area (Å²) in [4.78, 5) is 121. The van der Waals surface area contributed by atoms with E-state index in [0.717, 1.165) is 102 Å². The first-order chi connectivity index (χ1) is 70.2. The molecular formula is C93H92Cl10N30O15. The lowest BCUT2D eigenvalue weighted by Crippen LogP contribution is -2.45. The number of amidine groups is 5. The average Bonchev–Trinajstić information content (AvgIpc) is 1.02. The molecule has 774 valence electrons. The van der Waals surface area contributed by atoms with E-state index >= 15 is 0 Å². The Morgan fingerprint density at radius 2 is 0.709 bits per heavy atom. The van der Waals surface area contributed by atoms with E-state index in [1.165, 1.54) is 73.2 Å². The number of hydrogen-bond donors (Lipinski definition) is 15. The van der Waals surface area contributed by atoms with Gasteiger partial charge in [0.1, 0.15) is 0 Å². The first kappa shape index (κ1) is 110. The molecule has 3 fully saturated rings. The van der Waals surface area contributed by atoms with Crippen LogP contribution in [0.1, 0.15) is 152 Å². The maximum atomic E-state index is 12.2. The fourth-order valence-electron chi connectivity index (χ4n) is 15.2. The van der Waals surface area contributed by atoms with Gasteiger partial charge in [-0.05, 0) is 148 Å². The highest BCUT2D eigenvalue weighted by molar-refractivity contribution is 6.41. The lowest BCUT2D eigenvalue weighted by molar-refractivity contribution is -0.123. The fraction of sp³-hybridized carbons (Fsp3) is 0.258. The number of anilines is 5. The van der Waals surface area contributed by atoms with E-state index in [0.29, 0.717) is 23.1 Å². The maximum absolute atomic E-state index is 12.2. The second-order valence-corrected chi connectivity index (χ2v) is 37.8. The molecule has 0 saturated heterocycles. The van der Waals surface area contributed by atoms with Gasteiger partial charge < -0.3 is 84.7 Å². The largest absolute Gasteiger partial charge is 0.436 e. The molecule has 5 aromatic carbocycles. The van der Waals surface area contributed by atoms with E-state index in [-0.39, 0.29) is 258 Å². The lowest BCUT2D eigenvalue weighted by Gasteiger charge is -2.27. The van der Waals surface area contributed by atoms with Crippen molar-refractivity contribution in [1.82, 2.24) is 57.2 Å². The number of ether oxygens (including phenoxy) is 5. The van der Waals surface area contributed by atoms with Crippen LogP contribution in [0.25, 0.3) is 0 Å². The van der Waals surface area contributed by atoms with Gasteiger partial charge in [-0.2, -0.15) is 25.0 Å². The number of hydrazone groups is 5. The van der Waals surface area contributed by atoms with Gasteiger partial charge in [-0.1, -0.05) is 215 Å². The van der Waals surface area contributed by atoms with Crippen LogP contribution in [0.5, 0.6) is 46.4 Å². The van der Waals surface area contributed by atoms with E-state index in [2.05, 4.69) is 126 Å². The van der Waals surface area contributed by atoms with Crippen LogP contribution in [0.2, 0.25) is 50.2 Å². The van der Waals surface area contributed by atoms with E-state index < -0.39 is 36.1 Å². The molecule has 12 amide bonds. The third-order valence-corrected chi connectivity index (χ3v) is 26.5. The Hall–Kier alpha value is -15.1. The number of nitrogens with two attached hydrogens (primary N) is 6. The Balaban J connectivity index is 0.000000154. The number of azo groups is 1. The standard InChI is InChI=1S/C20H20Cl2N6O3.C19H18Cl2N6O3.C18H16Cl2N6O3.C18H18Cl2N6O3.C18H20Cl2N6O3/c1-10-18(23)27-28(20(30)24-10)12-7-14(21)17(15(22)8-12)31-16-9-13(19(29)26-25-16)11-5-3-2-4-6-11;1-9-17(22)26-27(19(29)23-9)11-6-13(20)16(14(21)7-11)30-15-8-12(18(28)25-24-15)10-4-2-3-5-10;1-8-16(21)25-26(18(28)22-8)10-5-12(19)15(13(20)6-10)29-14-7-11(9-3-2-4-9)17(27)24-23-14;1-4-8(2)11-7-14(23-24-17(11)27)29-15-12(19)5-10(6-13(15)20)26-18(28)22-9(3)16(21)25-26;1-4-8(2)11(17(23)27)7-14(21)29-15-12(19)5-10(6-13(15)20)26-18(28)24-9(3)16(22)25-26/h7-9,11,13H,1-6H2,(H2,23,27)(H,24,30);6-8,10H,1-5H2,(H2,22,26)(H,23,29)(H,25,28);5-7,9H,1-4H2,(H2,21,25)(H,22,28)(H,24,27);5-8H,3-4H2,1-2H3,(H2,21,25)(H,22,28)(H,24,27);5-8,21H,3-4H2,1-2H3,(H2,22,25)(H2,23,27)(H,24,28)/b;;;;11-7-,21-14?/t;;;2*8-/m...10/s1. The second kappa shape index (κ2) is 48.1. The Labute approximate surface area is 891 Å². The van der Waals surface area contributed by atoms with Crippen molar-refractivity contribution < 1.29 is 57.2 Å². The second-order valence-electron chi connectivity index (χ2n) is 33.7. The number of nitrogens with one attached hydrogen (secondary N) is 9. The summed E-state index contributed by atoms with van der Waals surface area (Å²) in [5, 5.41) is 72.8. The smallest absolute Gasteiger partial charge is 0.347 e. The van der Waals surface area contributed by atoms with Crippen LogP contribution in [-0.4, -0.2) is 108 Å². The Morgan fingerprint density at radius 1 is 0.412 bits per heavy atom. The van der Waals surface area contributed by atoms with Crippen molar-refractivity contribution in [3.05, 3.63) is 262 Å². The van der Waals surface area contributed by atoms with Gasteiger partial charge in [0.2, 0.25) is 35.3 Å². The first-order valence-electron chi connectivity index (χ1n) is 44.9. The number of amides is 12. The Bertz CT molecular complexity index is 6990. The van der Waals surface area contributed by atoms with E-state index in [1.807, 2.05) is 27.7 Å². The van der Waals surface area contributed by atoms with Gasteiger partial charge in [0.05, 0.1) is 113 Å². The van der Waals surface area contributed by atoms with Crippen LogP contribution in [0, 0.1) is 23.2 Å². The highest BCUT2D eigenvalue weighted by Gasteiger charge is 2.37. The zero-order valence-electron chi connectivity index (χ0n) is 78.6. The number of carbonyl (C=O) groups is 7. The summed E-state index contributed by atoms with van der Waals surface area (Å²) in [6.45, 7) is 25.5. The topological polar surface area (TPSA) is 646 Å². The number of aromatic nitrogens is 6. The van der Waals surface area contributed by atoms with Crippen LogP contribution in [-0.2, 0) is 9.59 Å². The zero-order chi connectivity index (χ0) is 107. The molecule has 0 bridgehead atoms. The molecule has 8 aromatic rings. The van der Waals surface area contributed by atoms with E-state index in [4.69, 9.17) is 180 Å². The van der Waals surface area contributed by atoms with Crippen molar-refractivity contribution in [3.8, 4) is 46.4 Å². The summed E-state index contributed by atoms with van der Waals surface area (Å²) in [7, 11) is 0. The number of rotatable bonds is 23. The highest BCUT2D eigenvalue weighted by atomic mass is 35.5. The molecule has 9 heterocycles. The Kier molecular flexibility index (Phi) is 35.8. The number of primary amides is 1. The molecule has 45 nitrogen and oxygen atoms in total. The van der Waals surface area contributed by atoms with Crippen LogP contribution in [0.15, 0.2) is 214 Å². The molecule has 9 aliphatic rings. The summed E-state index contributed by atoms with van der Waals surface area (Å²) >= 11 is 63.2. The number of nitrogens with zero attached hydrogens (tertiary/aromatic N) is 15. The van der Waals surface area contributed by atoms with Crippen molar-refractivity contribution in [3.63, 3.8) is 0 Å². The van der Waals surface area contributed by atoms with Crippen molar-refractivity contribution in [1.29, 1.82) is 5.41 Å². The van der Waals surface area contributed by atoms with E-state index in [1.54, 1.807) is 24.3 Å². The molecule has 1 unspecified atom stereocenters. The number of carbonyl (C=O) groups excluding carboxylic acids is 7. The summed E-state index contributed by atoms with van der Waals surface area (Å²) < 4.78 is 28.4. The van der Waals surface area contributed by atoms with E-state index in [9.17, 15) is 47.9 Å². The average molecular weight is 2220 g/mol. The fourth-order valence-corrected chi connectivity index (χ4v) is 18.0. The normalized spacial score (nSPS) is 17.4. The van der Waals surface area contributed by atoms with Crippen LogP contribution in [0.4, 0.5) is 52.4 Å². The third-order valence-electron chi connectivity index (χ3n) is 23.6. The van der Waals surface area contributed by atoms with Gasteiger partial charge in [0.25, 0.3) is 22.6 Å². The molecule has 17 rings (SSSR count). The summed E-state index contributed by atoms with van der Waals surface area (Å²) in [6.07, 6.45) is 16.8. The van der Waals surface area contributed by atoms with Crippen molar-refractivity contribution in [2.45, 2.75) is 135 Å². The minimum absolute atomic E-state index is 0.0146. The number of H-pyrrole nitrogens is 3. The molecule has 3 saturated carbocycles. The molecule has 0 spiro atoms. The summed E-state index contributed by atoms with van der Waals surface area (Å²) in [5.41, 5.74) is 37.5. The number of aromatic amines is 3. The van der Waals surface area contributed by atoms with Crippen LogP contribution >= 0.6 is 116 Å². The number of benzene rings is 5. The highest BCUT2D eigenvalue weighted by Crippen LogP contribution is 2.48. The number of urea groups is 5. The first-order valence-corrected chi connectivity index (χ1v) is 48.7. The van der Waals surface area contributed by atoms with Gasteiger partial charge in [-0.15, -0.1) is 51.0 Å². The summed E-state index contributed by atoms with van der Waals surface area (Å²) in [5.74, 6) is 0.177. The van der Waals surface area contributed by atoms with Gasteiger partial charge in [0.15, 0.2) is 57.9 Å². The molecular weight excluding hydrogens is 2130 g/mol. The summed E-state index contributed by atoms with van der Waals surface area (Å²) in [6, 6.07) is 16.3. The quantitative estimate of drug-likeness (QED) is 0.0161. The van der Waals surface area contributed by atoms with Gasteiger partial charge in [-0.25, -0.2) is 39.3 Å². The molecule has 3 atom stereocenters. The molecule has 55 heteroatoms. The lowest BCUT2D eigenvalue weighted by atomic mass is 9.79. The predicted molar refractivity (Wildman–Crippen MR) is 566 cm³/mol. The molecule has 3 aliphatic carbocycles.